The molecule has 1 aromatic carbocycles. The molecule has 0 atom stereocenters. The highest BCUT2D eigenvalue weighted by Gasteiger charge is 1.98. The molecule has 0 spiro atoms. The van der Waals surface area contributed by atoms with Gasteiger partial charge in [0.05, 0.1) is 0 Å². The molecule has 2 heteroatoms. The van der Waals surface area contributed by atoms with Crippen molar-refractivity contribution in [3.63, 3.8) is 0 Å². The molecule has 1 rings (SSSR count). The van der Waals surface area contributed by atoms with E-state index >= 15 is 0 Å². The Bertz CT molecular complexity index is 249. The van der Waals surface area contributed by atoms with Crippen LogP contribution in [-0.2, 0) is 18.7 Å². The van der Waals surface area contributed by atoms with Gasteiger partial charge in [0.1, 0.15) is 0 Å². The fourth-order valence-corrected chi connectivity index (χ4v) is 1.66. The molecule has 72 valence electrons. The Morgan fingerprint density at radius 2 is 1.77 bits per heavy atom. The third kappa shape index (κ3) is 3.05. The Morgan fingerprint density at radius 3 is 2.31 bits per heavy atom. The van der Waals surface area contributed by atoms with Crippen molar-refractivity contribution in [3.05, 3.63) is 34.9 Å². The van der Waals surface area contributed by atoms with Crippen molar-refractivity contribution in [1.29, 1.82) is 0 Å². The van der Waals surface area contributed by atoms with Crippen LogP contribution in [0.15, 0.2) is 18.2 Å². The van der Waals surface area contributed by atoms with Gasteiger partial charge >= 0.3 is 0 Å². The maximum atomic E-state index is 5.61. The van der Waals surface area contributed by atoms with Crippen LogP contribution < -0.4 is 5.73 Å². The van der Waals surface area contributed by atoms with Gasteiger partial charge in [0.25, 0.3) is 0 Å². The minimum atomic E-state index is 0.623. The summed E-state index contributed by atoms with van der Waals surface area (Å²) in [6, 6.07) is 6.54. The fraction of sp³-hybridized carbons (Fsp3) is 0.455. The molecule has 0 amide bonds. The summed E-state index contributed by atoms with van der Waals surface area (Å²) >= 11 is 4.27. The number of hydrogen-bond donors (Lipinski definition) is 2. The summed E-state index contributed by atoms with van der Waals surface area (Å²) in [6.45, 7) is 2.81. The largest absolute Gasteiger partial charge is 0.326 e. The number of benzene rings is 1. The Kier molecular flexibility index (Phi) is 4.33. The second-order valence-corrected chi connectivity index (χ2v) is 3.59. The van der Waals surface area contributed by atoms with Gasteiger partial charge in [0.2, 0.25) is 0 Å². The molecule has 1 aromatic rings. The van der Waals surface area contributed by atoms with E-state index in [4.69, 9.17) is 5.73 Å². The highest BCUT2D eigenvalue weighted by Crippen LogP contribution is 2.13. The predicted molar refractivity (Wildman–Crippen MR) is 61.0 cm³/mol. The Hall–Kier alpha value is -0.470. The van der Waals surface area contributed by atoms with Crippen LogP contribution in [0.25, 0.3) is 0 Å². The maximum absolute atomic E-state index is 5.61. The molecule has 0 aliphatic rings. The summed E-state index contributed by atoms with van der Waals surface area (Å²) < 4.78 is 0. The first kappa shape index (κ1) is 10.6. The molecule has 0 heterocycles. The van der Waals surface area contributed by atoms with E-state index in [0.717, 1.165) is 12.2 Å². The van der Waals surface area contributed by atoms with Gasteiger partial charge in [-0.2, -0.15) is 12.6 Å². The number of nitrogens with two attached hydrogens (primary N) is 1. The van der Waals surface area contributed by atoms with Gasteiger partial charge in [-0.25, -0.2) is 0 Å². The summed E-state index contributed by atoms with van der Waals surface area (Å²) in [5, 5.41) is 0. The van der Waals surface area contributed by atoms with Crippen molar-refractivity contribution in [2.45, 2.75) is 32.1 Å². The van der Waals surface area contributed by atoms with Crippen molar-refractivity contribution in [1.82, 2.24) is 0 Å². The third-order valence-electron chi connectivity index (χ3n) is 2.07. The van der Waals surface area contributed by atoms with Crippen LogP contribution >= 0.6 is 12.6 Å². The van der Waals surface area contributed by atoms with Crippen molar-refractivity contribution >= 4 is 12.6 Å². The first-order chi connectivity index (χ1) is 6.30. The van der Waals surface area contributed by atoms with Crippen molar-refractivity contribution < 1.29 is 0 Å². The zero-order valence-electron chi connectivity index (χ0n) is 8.09. The van der Waals surface area contributed by atoms with Gasteiger partial charge in [-0.3, -0.25) is 0 Å². The van der Waals surface area contributed by atoms with E-state index in [2.05, 4.69) is 37.8 Å². The van der Waals surface area contributed by atoms with Gasteiger partial charge in [-0.1, -0.05) is 31.5 Å². The minimum absolute atomic E-state index is 0.623. The average molecular weight is 195 g/mol. The summed E-state index contributed by atoms with van der Waals surface area (Å²) in [7, 11) is 0. The predicted octanol–water partition coefficient (Wildman–Crippen LogP) is 2.53. The summed E-state index contributed by atoms with van der Waals surface area (Å²) in [5.41, 5.74) is 9.49. The molecular weight excluding hydrogens is 178 g/mol. The normalized spacial score (nSPS) is 10.4. The van der Waals surface area contributed by atoms with Crippen molar-refractivity contribution in [2.24, 2.45) is 5.73 Å². The topological polar surface area (TPSA) is 26.0 Å². The van der Waals surface area contributed by atoms with E-state index in [1.165, 1.54) is 23.1 Å². The standard InChI is InChI=1S/C11H17NS/c1-2-3-9-4-10(7-12)6-11(5-9)8-13/h4-6,13H,2-3,7-8,12H2,1H3. The van der Waals surface area contributed by atoms with Crippen LogP contribution in [0.5, 0.6) is 0 Å². The van der Waals surface area contributed by atoms with Crippen LogP contribution in [0.4, 0.5) is 0 Å². The molecule has 1 nitrogen and oxygen atoms in total. The molecule has 0 fully saturated rings. The highest BCUT2D eigenvalue weighted by molar-refractivity contribution is 7.79. The lowest BCUT2D eigenvalue weighted by Crippen LogP contribution is -1.99. The first-order valence-electron chi connectivity index (χ1n) is 4.72. The monoisotopic (exact) mass is 195 g/mol. The zero-order valence-corrected chi connectivity index (χ0v) is 8.98. The van der Waals surface area contributed by atoms with Gasteiger partial charge in [0.15, 0.2) is 0 Å². The van der Waals surface area contributed by atoms with E-state index in [9.17, 15) is 0 Å². The van der Waals surface area contributed by atoms with E-state index in [1.807, 2.05) is 0 Å². The first-order valence-corrected chi connectivity index (χ1v) is 5.36. The van der Waals surface area contributed by atoms with E-state index in [-0.39, 0.29) is 0 Å². The minimum Gasteiger partial charge on any atom is -0.326 e. The second-order valence-electron chi connectivity index (χ2n) is 3.27. The quantitative estimate of drug-likeness (QED) is 0.709. The molecule has 0 radical (unpaired) electrons. The lowest BCUT2D eigenvalue weighted by Gasteiger charge is -2.06. The number of aryl methyl sites for hydroxylation is 1. The van der Waals surface area contributed by atoms with Crippen LogP contribution in [0.3, 0.4) is 0 Å². The lowest BCUT2D eigenvalue weighted by atomic mass is 10.0. The number of hydrogen-bond acceptors (Lipinski definition) is 2. The van der Waals surface area contributed by atoms with Crippen LogP contribution in [0.2, 0.25) is 0 Å². The molecular formula is C11H17NS. The second kappa shape index (κ2) is 5.30. The van der Waals surface area contributed by atoms with E-state index in [1.54, 1.807) is 0 Å². The van der Waals surface area contributed by atoms with Gasteiger partial charge in [-0.15, -0.1) is 0 Å². The molecule has 0 aliphatic heterocycles. The van der Waals surface area contributed by atoms with Gasteiger partial charge < -0.3 is 5.73 Å². The van der Waals surface area contributed by atoms with E-state index in [0.29, 0.717) is 6.54 Å². The summed E-state index contributed by atoms with van der Waals surface area (Å²) in [6.07, 6.45) is 2.31. The Morgan fingerprint density at radius 1 is 1.15 bits per heavy atom. The molecule has 0 aliphatic carbocycles. The van der Waals surface area contributed by atoms with Crippen molar-refractivity contribution in [3.8, 4) is 0 Å². The Labute approximate surface area is 85.8 Å². The third-order valence-corrected chi connectivity index (χ3v) is 2.43. The van der Waals surface area contributed by atoms with Crippen LogP contribution in [0, 0.1) is 0 Å². The van der Waals surface area contributed by atoms with Gasteiger partial charge in [-0.05, 0) is 23.1 Å². The zero-order chi connectivity index (χ0) is 9.68. The molecule has 0 saturated carbocycles. The van der Waals surface area contributed by atoms with E-state index < -0.39 is 0 Å². The molecule has 2 N–H and O–H groups in total. The molecule has 0 bridgehead atoms. The molecule has 0 unspecified atom stereocenters. The average Bonchev–Trinajstić information content (AvgIpc) is 2.17. The fourth-order valence-electron chi connectivity index (χ4n) is 1.48. The SMILES string of the molecule is CCCc1cc(CN)cc(CS)c1. The molecule has 0 saturated heterocycles. The Balaban J connectivity index is 2.93. The molecule has 13 heavy (non-hydrogen) atoms. The summed E-state index contributed by atoms with van der Waals surface area (Å²) in [5.74, 6) is 0.796. The number of thiol groups is 1. The lowest BCUT2D eigenvalue weighted by molar-refractivity contribution is 0.913. The smallest absolute Gasteiger partial charge is 0.0178 e. The molecule has 0 aromatic heterocycles. The van der Waals surface area contributed by atoms with Crippen molar-refractivity contribution in [2.75, 3.05) is 0 Å². The summed E-state index contributed by atoms with van der Waals surface area (Å²) in [4.78, 5) is 0. The van der Waals surface area contributed by atoms with Crippen LogP contribution in [-0.4, -0.2) is 0 Å². The van der Waals surface area contributed by atoms with Crippen LogP contribution in [0.1, 0.15) is 30.0 Å². The highest BCUT2D eigenvalue weighted by atomic mass is 32.1. The number of rotatable bonds is 4. The van der Waals surface area contributed by atoms with Gasteiger partial charge in [0, 0.05) is 12.3 Å². The maximum Gasteiger partial charge on any atom is 0.0178 e.